The molecule has 0 aromatic heterocycles. The van der Waals surface area contributed by atoms with Crippen LogP contribution in [0, 0.1) is 0 Å². The lowest BCUT2D eigenvalue weighted by molar-refractivity contribution is -0.923. The average Bonchev–Trinajstić information content (AvgIpc) is 2.08. The van der Waals surface area contributed by atoms with Gasteiger partial charge in [0, 0.05) is 0 Å². The predicted molar refractivity (Wildman–Crippen MR) is 53.6 cm³/mol. The minimum Gasteiger partial charge on any atom is -0.870 e. The third kappa shape index (κ3) is 4.07. The van der Waals surface area contributed by atoms with E-state index in [4.69, 9.17) is 0 Å². The summed E-state index contributed by atoms with van der Waals surface area (Å²) in [6.07, 6.45) is 2.72. The molecule has 0 aliphatic carbocycles. The van der Waals surface area contributed by atoms with E-state index < -0.39 is 0 Å². The second-order valence-electron chi connectivity index (χ2n) is 3.37. The van der Waals surface area contributed by atoms with Gasteiger partial charge in [-0.3, -0.25) is 0 Å². The van der Waals surface area contributed by atoms with Crippen LogP contribution in [0.3, 0.4) is 0 Å². The van der Waals surface area contributed by atoms with E-state index in [1.165, 1.54) is 43.5 Å². The van der Waals surface area contributed by atoms with Crippen molar-refractivity contribution in [2.45, 2.75) is 40.5 Å². The predicted octanol–water partition coefficient (Wildman–Crippen LogP) is 2.49. The normalized spacial score (nSPS) is 11.0. The molecule has 0 saturated carbocycles. The second-order valence-corrected chi connectivity index (χ2v) is 3.37. The standard InChI is InChI=1S/C10H24N.H2O/c1-5-9-10-11(6-2,7-3)8-4;/h5-10H2,1-4H3;1H2/q+1;/p-1. The Labute approximate surface area is 77.5 Å². The molecule has 0 radical (unpaired) electrons. The van der Waals surface area contributed by atoms with Crippen molar-refractivity contribution in [1.82, 2.24) is 0 Å². The molecular formula is C10H25NO. The van der Waals surface area contributed by atoms with Crippen LogP contribution in [0.4, 0.5) is 0 Å². The van der Waals surface area contributed by atoms with Crippen LogP contribution in [0.1, 0.15) is 40.5 Å². The molecule has 2 heteroatoms. The highest BCUT2D eigenvalue weighted by atomic mass is 16.0. The van der Waals surface area contributed by atoms with Crippen molar-refractivity contribution in [3.05, 3.63) is 0 Å². The van der Waals surface area contributed by atoms with Crippen LogP contribution in [-0.2, 0) is 0 Å². The first-order chi connectivity index (χ1) is 5.24. The highest BCUT2D eigenvalue weighted by molar-refractivity contribution is 4.38. The van der Waals surface area contributed by atoms with E-state index in [1.807, 2.05) is 0 Å². The fourth-order valence-electron chi connectivity index (χ4n) is 1.64. The fourth-order valence-corrected chi connectivity index (χ4v) is 1.64. The highest BCUT2D eigenvalue weighted by Crippen LogP contribution is 2.07. The molecule has 0 fully saturated rings. The van der Waals surface area contributed by atoms with Gasteiger partial charge < -0.3 is 9.96 Å². The first-order valence-electron chi connectivity index (χ1n) is 5.09. The molecule has 0 aliphatic rings. The topological polar surface area (TPSA) is 30.0 Å². The maximum Gasteiger partial charge on any atom is 0.0786 e. The first-order valence-corrected chi connectivity index (χ1v) is 5.09. The van der Waals surface area contributed by atoms with Gasteiger partial charge in [0.15, 0.2) is 0 Å². The van der Waals surface area contributed by atoms with Crippen molar-refractivity contribution in [2.75, 3.05) is 26.2 Å². The summed E-state index contributed by atoms with van der Waals surface area (Å²) in [5.41, 5.74) is 0. The van der Waals surface area contributed by atoms with Gasteiger partial charge in [-0.05, 0) is 27.2 Å². The molecule has 0 atom stereocenters. The molecule has 0 bridgehead atoms. The van der Waals surface area contributed by atoms with Gasteiger partial charge in [-0.15, -0.1) is 0 Å². The number of hydrogen-bond acceptors (Lipinski definition) is 1. The molecule has 0 rings (SSSR count). The maximum atomic E-state index is 2.31. The lowest BCUT2D eigenvalue weighted by atomic mass is 10.2. The fraction of sp³-hybridized carbons (Fsp3) is 1.00. The number of unbranched alkanes of at least 4 members (excludes halogenated alkanes) is 1. The summed E-state index contributed by atoms with van der Waals surface area (Å²) >= 11 is 0. The lowest BCUT2D eigenvalue weighted by Crippen LogP contribution is -2.48. The van der Waals surface area contributed by atoms with Gasteiger partial charge in [0.1, 0.15) is 0 Å². The van der Waals surface area contributed by atoms with Gasteiger partial charge in [-0.2, -0.15) is 0 Å². The van der Waals surface area contributed by atoms with E-state index in [0.717, 1.165) is 0 Å². The van der Waals surface area contributed by atoms with Gasteiger partial charge in [-0.1, -0.05) is 13.3 Å². The van der Waals surface area contributed by atoms with Gasteiger partial charge in [-0.25, -0.2) is 0 Å². The van der Waals surface area contributed by atoms with Gasteiger partial charge in [0.2, 0.25) is 0 Å². The lowest BCUT2D eigenvalue weighted by Gasteiger charge is -2.35. The average molecular weight is 175 g/mol. The third-order valence-electron chi connectivity index (χ3n) is 3.00. The Hall–Kier alpha value is -0.0800. The minimum atomic E-state index is 0. The summed E-state index contributed by atoms with van der Waals surface area (Å²) in [6.45, 7) is 14.5. The molecule has 2 nitrogen and oxygen atoms in total. The summed E-state index contributed by atoms with van der Waals surface area (Å²) in [5, 5.41) is 0. The minimum absolute atomic E-state index is 0. The number of nitrogens with zero attached hydrogens (tertiary/aromatic N) is 1. The molecule has 0 aromatic rings. The van der Waals surface area contributed by atoms with Crippen LogP contribution in [0.5, 0.6) is 0 Å². The van der Waals surface area contributed by atoms with E-state index in [-0.39, 0.29) is 5.48 Å². The molecular weight excluding hydrogens is 150 g/mol. The van der Waals surface area contributed by atoms with Crippen molar-refractivity contribution < 1.29 is 9.96 Å². The smallest absolute Gasteiger partial charge is 0.0786 e. The zero-order valence-corrected chi connectivity index (χ0v) is 9.14. The van der Waals surface area contributed by atoms with Gasteiger partial charge in [0.25, 0.3) is 0 Å². The van der Waals surface area contributed by atoms with Crippen LogP contribution in [0.2, 0.25) is 0 Å². The summed E-state index contributed by atoms with van der Waals surface area (Å²) in [4.78, 5) is 0. The zero-order valence-electron chi connectivity index (χ0n) is 9.14. The van der Waals surface area contributed by atoms with Gasteiger partial charge in [0.05, 0.1) is 26.2 Å². The largest absolute Gasteiger partial charge is 0.870 e. The number of rotatable bonds is 6. The van der Waals surface area contributed by atoms with Crippen LogP contribution >= 0.6 is 0 Å². The first kappa shape index (κ1) is 14.4. The Balaban J connectivity index is 0. The Kier molecular flexibility index (Phi) is 9.10. The number of hydrogen-bond donors (Lipinski definition) is 0. The summed E-state index contributed by atoms with van der Waals surface area (Å²) in [6, 6.07) is 0. The van der Waals surface area contributed by atoms with Crippen LogP contribution < -0.4 is 0 Å². The molecule has 0 aliphatic heterocycles. The van der Waals surface area contributed by atoms with E-state index in [0.29, 0.717) is 0 Å². The summed E-state index contributed by atoms with van der Waals surface area (Å²) in [7, 11) is 0. The molecule has 0 unspecified atom stereocenters. The highest BCUT2D eigenvalue weighted by Gasteiger charge is 2.18. The van der Waals surface area contributed by atoms with E-state index in [2.05, 4.69) is 27.7 Å². The number of quaternary nitrogens is 1. The van der Waals surface area contributed by atoms with Crippen molar-refractivity contribution in [2.24, 2.45) is 0 Å². The van der Waals surface area contributed by atoms with E-state index in [1.54, 1.807) is 0 Å². The Bertz CT molecular complexity index is 81.6. The van der Waals surface area contributed by atoms with Crippen LogP contribution in [0.15, 0.2) is 0 Å². The molecule has 0 amide bonds. The zero-order chi connectivity index (χ0) is 8.74. The van der Waals surface area contributed by atoms with Crippen molar-refractivity contribution >= 4 is 0 Å². The monoisotopic (exact) mass is 175 g/mol. The molecule has 0 aromatic carbocycles. The summed E-state index contributed by atoms with van der Waals surface area (Å²) in [5.74, 6) is 0. The summed E-state index contributed by atoms with van der Waals surface area (Å²) < 4.78 is 1.31. The van der Waals surface area contributed by atoms with Crippen LogP contribution in [0.25, 0.3) is 0 Å². The Morgan fingerprint density at radius 2 is 1.25 bits per heavy atom. The van der Waals surface area contributed by atoms with Crippen molar-refractivity contribution in [3.8, 4) is 0 Å². The Morgan fingerprint density at radius 3 is 1.50 bits per heavy atom. The second kappa shape index (κ2) is 7.56. The van der Waals surface area contributed by atoms with Gasteiger partial charge >= 0.3 is 0 Å². The third-order valence-corrected chi connectivity index (χ3v) is 3.00. The van der Waals surface area contributed by atoms with E-state index >= 15 is 0 Å². The molecule has 1 N–H and O–H groups in total. The Morgan fingerprint density at radius 1 is 0.833 bits per heavy atom. The maximum absolute atomic E-state index is 2.31. The van der Waals surface area contributed by atoms with Crippen LogP contribution in [-0.4, -0.2) is 36.1 Å². The van der Waals surface area contributed by atoms with Crippen molar-refractivity contribution in [3.63, 3.8) is 0 Å². The molecule has 12 heavy (non-hydrogen) atoms. The molecule has 0 spiro atoms. The SMILES string of the molecule is CCCC[N+](CC)(CC)CC.[OH-]. The molecule has 0 saturated heterocycles. The van der Waals surface area contributed by atoms with E-state index in [9.17, 15) is 0 Å². The molecule has 0 heterocycles. The van der Waals surface area contributed by atoms with Crippen molar-refractivity contribution in [1.29, 1.82) is 0 Å². The molecule has 76 valence electrons. The quantitative estimate of drug-likeness (QED) is 0.570.